The Hall–Kier alpha value is -1.52. The van der Waals surface area contributed by atoms with E-state index in [0.717, 1.165) is 44.1 Å². The molecule has 0 amide bonds. The molecule has 21 heavy (non-hydrogen) atoms. The van der Waals surface area contributed by atoms with Crippen LogP contribution in [0.5, 0.6) is 11.5 Å². The summed E-state index contributed by atoms with van der Waals surface area (Å²) < 4.78 is 16.4. The van der Waals surface area contributed by atoms with Crippen LogP contribution in [0.1, 0.15) is 19.8 Å². The van der Waals surface area contributed by atoms with Crippen LogP contribution in [0.4, 0.5) is 0 Å². The third kappa shape index (κ3) is 7.16. The minimum absolute atomic E-state index is 0.253. The van der Waals surface area contributed by atoms with E-state index >= 15 is 0 Å². The fourth-order valence-corrected chi connectivity index (χ4v) is 1.90. The molecule has 0 heterocycles. The first-order valence-electron chi connectivity index (χ1n) is 7.51. The molecule has 0 spiro atoms. The third-order valence-corrected chi connectivity index (χ3v) is 3.04. The van der Waals surface area contributed by atoms with Crippen LogP contribution in [-0.2, 0) is 4.74 Å². The molecule has 0 aliphatic carbocycles. The number of nitrogens with one attached hydrogen (secondary N) is 1. The lowest BCUT2D eigenvalue weighted by molar-refractivity contribution is 0.127. The van der Waals surface area contributed by atoms with E-state index in [2.05, 4.69) is 18.8 Å². The van der Waals surface area contributed by atoms with Crippen molar-refractivity contribution < 1.29 is 14.2 Å². The van der Waals surface area contributed by atoms with Gasteiger partial charge in [0, 0.05) is 25.8 Å². The lowest BCUT2D eigenvalue weighted by Crippen LogP contribution is -2.32. The molecule has 0 saturated heterocycles. The first-order chi connectivity index (χ1) is 10.3. The number of hydrogen-bond donors (Lipinski definition) is 1. The second kappa shape index (κ2) is 11.2. The van der Waals surface area contributed by atoms with Gasteiger partial charge in [0.05, 0.1) is 7.11 Å². The van der Waals surface area contributed by atoms with Crippen molar-refractivity contribution in [3.63, 3.8) is 0 Å². The van der Waals surface area contributed by atoms with Crippen molar-refractivity contribution in [2.45, 2.75) is 25.8 Å². The zero-order valence-corrected chi connectivity index (χ0v) is 13.1. The van der Waals surface area contributed by atoms with Crippen molar-refractivity contribution in [2.24, 2.45) is 0 Å². The van der Waals surface area contributed by atoms with Gasteiger partial charge in [-0.1, -0.05) is 25.1 Å². The van der Waals surface area contributed by atoms with E-state index in [9.17, 15) is 0 Å². The molecule has 1 aromatic rings. The van der Waals surface area contributed by atoms with Gasteiger partial charge in [-0.2, -0.15) is 0 Å². The van der Waals surface area contributed by atoms with Gasteiger partial charge in [-0.05, 0) is 25.0 Å². The molecule has 1 rings (SSSR count). The molecular formula is C17H27NO3. The summed E-state index contributed by atoms with van der Waals surface area (Å²) in [6, 6.07) is 7.91. The maximum Gasteiger partial charge on any atom is 0.161 e. The lowest BCUT2D eigenvalue weighted by atomic mass is 10.2. The molecule has 0 saturated carbocycles. The first-order valence-corrected chi connectivity index (χ1v) is 7.51. The smallest absolute Gasteiger partial charge is 0.161 e. The molecule has 0 aromatic heterocycles. The van der Waals surface area contributed by atoms with Crippen molar-refractivity contribution in [1.29, 1.82) is 0 Å². The number of rotatable bonds is 12. The Morgan fingerprint density at radius 1 is 1.19 bits per heavy atom. The summed E-state index contributed by atoms with van der Waals surface area (Å²) in [7, 11) is 1.64. The van der Waals surface area contributed by atoms with Crippen LogP contribution >= 0.6 is 0 Å². The Labute approximate surface area is 128 Å². The van der Waals surface area contributed by atoms with E-state index in [1.165, 1.54) is 0 Å². The van der Waals surface area contributed by atoms with Gasteiger partial charge in [-0.15, -0.1) is 6.58 Å². The average molecular weight is 293 g/mol. The zero-order chi connectivity index (χ0) is 15.3. The Kier molecular flexibility index (Phi) is 9.33. The van der Waals surface area contributed by atoms with Gasteiger partial charge in [0.1, 0.15) is 6.61 Å². The Balaban J connectivity index is 2.20. The summed E-state index contributed by atoms with van der Waals surface area (Å²) in [5.74, 6) is 1.52. The van der Waals surface area contributed by atoms with Crippen molar-refractivity contribution in [3.05, 3.63) is 36.9 Å². The number of para-hydroxylation sites is 2. The zero-order valence-electron chi connectivity index (χ0n) is 13.1. The lowest BCUT2D eigenvalue weighted by Gasteiger charge is -2.16. The van der Waals surface area contributed by atoms with Crippen molar-refractivity contribution in [1.82, 2.24) is 5.32 Å². The van der Waals surface area contributed by atoms with Crippen LogP contribution in [0, 0.1) is 0 Å². The highest BCUT2D eigenvalue weighted by Gasteiger charge is 2.05. The minimum Gasteiger partial charge on any atom is -0.493 e. The minimum atomic E-state index is 0.253. The molecular weight excluding hydrogens is 266 g/mol. The van der Waals surface area contributed by atoms with E-state index < -0.39 is 0 Å². The summed E-state index contributed by atoms with van der Waals surface area (Å²) in [6.07, 6.45) is 3.90. The maximum atomic E-state index is 5.71. The highest BCUT2D eigenvalue weighted by Crippen LogP contribution is 2.25. The van der Waals surface area contributed by atoms with Crippen LogP contribution in [-0.4, -0.2) is 39.5 Å². The van der Waals surface area contributed by atoms with E-state index in [1.54, 1.807) is 7.11 Å². The monoisotopic (exact) mass is 293 g/mol. The predicted octanol–water partition coefficient (Wildman–Crippen LogP) is 3.03. The normalized spacial score (nSPS) is 11.9. The third-order valence-electron chi connectivity index (χ3n) is 3.04. The topological polar surface area (TPSA) is 39.7 Å². The van der Waals surface area contributed by atoms with Crippen LogP contribution in [0.2, 0.25) is 0 Å². The van der Waals surface area contributed by atoms with Crippen LogP contribution in [0.25, 0.3) is 0 Å². The fraction of sp³-hybridized carbons (Fsp3) is 0.529. The Bertz CT molecular complexity index is 395. The molecule has 118 valence electrons. The molecule has 1 N–H and O–H groups in total. The average Bonchev–Trinajstić information content (AvgIpc) is 2.53. The van der Waals surface area contributed by atoms with Gasteiger partial charge in [0.2, 0.25) is 0 Å². The number of hydrogen-bond acceptors (Lipinski definition) is 4. The molecule has 0 aliphatic heterocycles. The predicted molar refractivity (Wildman–Crippen MR) is 86.2 cm³/mol. The second-order valence-electron chi connectivity index (χ2n) is 4.70. The summed E-state index contributed by atoms with van der Waals surface area (Å²) in [5.41, 5.74) is 0. The summed E-state index contributed by atoms with van der Waals surface area (Å²) in [6.45, 7) is 8.87. The van der Waals surface area contributed by atoms with Gasteiger partial charge in [0.15, 0.2) is 11.5 Å². The number of ether oxygens (including phenoxy) is 3. The molecule has 0 bridgehead atoms. The molecule has 4 heteroatoms. The van der Waals surface area contributed by atoms with Crippen LogP contribution in [0.15, 0.2) is 36.9 Å². The van der Waals surface area contributed by atoms with Crippen molar-refractivity contribution in [3.8, 4) is 11.5 Å². The van der Waals surface area contributed by atoms with Gasteiger partial charge in [-0.25, -0.2) is 0 Å². The van der Waals surface area contributed by atoms with Crippen LogP contribution in [0.3, 0.4) is 0 Å². The molecule has 0 radical (unpaired) electrons. The summed E-state index contributed by atoms with van der Waals surface area (Å²) >= 11 is 0. The molecule has 1 aromatic carbocycles. The number of benzene rings is 1. The first kappa shape index (κ1) is 17.5. The van der Waals surface area contributed by atoms with Crippen molar-refractivity contribution in [2.75, 3.05) is 33.5 Å². The van der Waals surface area contributed by atoms with E-state index in [1.807, 2.05) is 30.3 Å². The Morgan fingerprint density at radius 3 is 2.62 bits per heavy atom. The van der Waals surface area contributed by atoms with Gasteiger partial charge < -0.3 is 19.5 Å². The van der Waals surface area contributed by atoms with Crippen molar-refractivity contribution >= 4 is 0 Å². The van der Waals surface area contributed by atoms with E-state index in [-0.39, 0.29) is 6.04 Å². The quantitative estimate of drug-likeness (QED) is 0.475. The van der Waals surface area contributed by atoms with E-state index in [4.69, 9.17) is 14.2 Å². The number of methoxy groups -OCH3 is 1. The molecule has 1 atom stereocenters. The largest absolute Gasteiger partial charge is 0.493 e. The van der Waals surface area contributed by atoms with Crippen LogP contribution < -0.4 is 14.8 Å². The highest BCUT2D eigenvalue weighted by atomic mass is 16.5. The second-order valence-corrected chi connectivity index (χ2v) is 4.70. The summed E-state index contributed by atoms with van der Waals surface area (Å²) in [4.78, 5) is 0. The molecule has 0 aliphatic rings. The van der Waals surface area contributed by atoms with E-state index in [0.29, 0.717) is 6.61 Å². The summed E-state index contributed by atoms with van der Waals surface area (Å²) in [5, 5.41) is 3.39. The van der Waals surface area contributed by atoms with Gasteiger partial charge in [-0.3, -0.25) is 0 Å². The van der Waals surface area contributed by atoms with Gasteiger partial charge in [0.25, 0.3) is 0 Å². The standard InChI is InChI=1S/C17H27NO3/c1-4-12-20-13-10-15(5-2)18-11-14-21-17-9-7-6-8-16(17)19-3/h5-9,15,18H,2,4,10-14H2,1,3H3/t15-/m1/s1. The SMILES string of the molecule is C=C[C@H](CCOCCC)NCCOc1ccccc1OC. The molecule has 0 fully saturated rings. The highest BCUT2D eigenvalue weighted by molar-refractivity contribution is 5.39. The molecule has 4 nitrogen and oxygen atoms in total. The van der Waals surface area contributed by atoms with Gasteiger partial charge >= 0.3 is 0 Å². The molecule has 0 unspecified atom stereocenters. The fourth-order valence-electron chi connectivity index (χ4n) is 1.90. The Morgan fingerprint density at radius 2 is 1.95 bits per heavy atom. The maximum absolute atomic E-state index is 5.71.